The maximum Gasteiger partial charge on any atom is 0.175 e. The Labute approximate surface area is 85.4 Å². The van der Waals surface area contributed by atoms with E-state index in [4.69, 9.17) is 9.47 Å². The van der Waals surface area contributed by atoms with E-state index in [0.29, 0.717) is 16.0 Å². The molecule has 0 heterocycles. The van der Waals surface area contributed by atoms with Gasteiger partial charge in [-0.3, -0.25) is 0 Å². The Morgan fingerprint density at radius 2 is 1.92 bits per heavy atom. The molecule has 0 aliphatic carbocycles. The molecule has 0 bridgehead atoms. The number of ether oxygens (including phenoxy) is 2. The van der Waals surface area contributed by atoms with E-state index in [-0.39, 0.29) is 5.75 Å². The number of methoxy groups -OCH3 is 2. The summed E-state index contributed by atoms with van der Waals surface area (Å²) < 4.78 is 10.9. The number of rotatable bonds is 2. The third-order valence-electron chi connectivity index (χ3n) is 1.83. The SMILES string of the molecule is COc1cc(O)c(C)c(Br)c1OC. The van der Waals surface area contributed by atoms with Crippen molar-refractivity contribution in [2.24, 2.45) is 0 Å². The fraction of sp³-hybridized carbons (Fsp3) is 0.333. The molecule has 0 unspecified atom stereocenters. The van der Waals surface area contributed by atoms with Gasteiger partial charge >= 0.3 is 0 Å². The summed E-state index contributed by atoms with van der Waals surface area (Å²) in [7, 11) is 3.08. The third kappa shape index (κ3) is 1.72. The molecule has 0 atom stereocenters. The predicted octanol–water partition coefficient (Wildman–Crippen LogP) is 2.48. The summed E-state index contributed by atoms with van der Waals surface area (Å²) in [5.41, 5.74) is 0.734. The summed E-state index contributed by atoms with van der Waals surface area (Å²) in [6.07, 6.45) is 0. The molecule has 0 saturated heterocycles. The second kappa shape index (κ2) is 3.87. The normalized spacial score (nSPS) is 9.85. The highest BCUT2D eigenvalue weighted by Gasteiger charge is 2.13. The average molecular weight is 247 g/mol. The molecular formula is C9H11BrO3. The van der Waals surface area contributed by atoms with Crippen LogP contribution in [0.25, 0.3) is 0 Å². The van der Waals surface area contributed by atoms with E-state index in [0.717, 1.165) is 5.56 Å². The number of hydrogen-bond donors (Lipinski definition) is 1. The first-order valence-corrected chi connectivity index (χ1v) is 4.51. The maximum atomic E-state index is 9.47. The van der Waals surface area contributed by atoms with Crippen molar-refractivity contribution in [2.75, 3.05) is 14.2 Å². The molecule has 1 rings (SSSR count). The van der Waals surface area contributed by atoms with Crippen LogP contribution < -0.4 is 9.47 Å². The lowest BCUT2D eigenvalue weighted by atomic mass is 10.2. The van der Waals surface area contributed by atoms with Crippen LogP contribution in [0.15, 0.2) is 10.5 Å². The van der Waals surface area contributed by atoms with Gasteiger partial charge in [0.05, 0.1) is 18.7 Å². The van der Waals surface area contributed by atoms with Gasteiger partial charge in [-0.2, -0.15) is 0 Å². The molecule has 0 amide bonds. The summed E-state index contributed by atoms with van der Waals surface area (Å²) >= 11 is 3.32. The van der Waals surface area contributed by atoms with Crippen molar-refractivity contribution in [1.29, 1.82) is 0 Å². The molecule has 0 aliphatic heterocycles. The van der Waals surface area contributed by atoms with E-state index in [2.05, 4.69) is 15.9 Å². The number of phenols is 1. The van der Waals surface area contributed by atoms with Crippen LogP contribution >= 0.6 is 15.9 Å². The second-order valence-corrected chi connectivity index (χ2v) is 3.36. The van der Waals surface area contributed by atoms with E-state index < -0.39 is 0 Å². The zero-order valence-corrected chi connectivity index (χ0v) is 9.31. The maximum absolute atomic E-state index is 9.47. The lowest BCUT2D eigenvalue weighted by Crippen LogP contribution is -1.93. The molecule has 0 aliphatic rings. The van der Waals surface area contributed by atoms with Crippen LogP contribution in [-0.2, 0) is 0 Å². The van der Waals surface area contributed by atoms with Crippen molar-refractivity contribution in [2.45, 2.75) is 6.92 Å². The van der Waals surface area contributed by atoms with E-state index in [9.17, 15) is 5.11 Å². The van der Waals surface area contributed by atoms with Gasteiger partial charge < -0.3 is 14.6 Å². The summed E-state index contributed by atoms with van der Waals surface area (Å²) in [6, 6.07) is 1.53. The Hall–Kier alpha value is -0.900. The van der Waals surface area contributed by atoms with Gasteiger partial charge in [0.25, 0.3) is 0 Å². The number of phenolic OH excluding ortho intramolecular Hbond substituents is 1. The zero-order chi connectivity index (χ0) is 10.0. The Kier molecular flexibility index (Phi) is 3.03. The van der Waals surface area contributed by atoms with Gasteiger partial charge in [0, 0.05) is 11.6 Å². The predicted molar refractivity (Wildman–Crippen MR) is 53.6 cm³/mol. The van der Waals surface area contributed by atoms with Gasteiger partial charge in [0.15, 0.2) is 11.5 Å². The number of halogens is 1. The van der Waals surface area contributed by atoms with E-state index >= 15 is 0 Å². The quantitative estimate of drug-likeness (QED) is 0.872. The molecule has 1 N–H and O–H groups in total. The fourth-order valence-corrected chi connectivity index (χ4v) is 1.59. The van der Waals surface area contributed by atoms with Crippen molar-refractivity contribution in [3.63, 3.8) is 0 Å². The largest absolute Gasteiger partial charge is 0.507 e. The van der Waals surface area contributed by atoms with Gasteiger partial charge in [-0.15, -0.1) is 0 Å². The minimum atomic E-state index is 0.185. The topological polar surface area (TPSA) is 38.7 Å². The zero-order valence-electron chi connectivity index (χ0n) is 7.72. The molecule has 0 radical (unpaired) electrons. The first-order valence-electron chi connectivity index (χ1n) is 3.71. The van der Waals surface area contributed by atoms with Gasteiger partial charge in [0.1, 0.15) is 5.75 Å². The van der Waals surface area contributed by atoms with Crippen LogP contribution in [0.3, 0.4) is 0 Å². The van der Waals surface area contributed by atoms with Crippen molar-refractivity contribution >= 4 is 15.9 Å². The van der Waals surface area contributed by atoms with Gasteiger partial charge in [-0.1, -0.05) is 0 Å². The van der Waals surface area contributed by atoms with Gasteiger partial charge in [-0.05, 0) is 22.9 Å². The van der Waals surface area contributed by atoms with E-state index in [1.54, 1.807) is 14.0 Å². The first-order chi connectivity index (χ1) is 6.11. The van der Waals surface area contributed by atoms with Crippen molar-refractivity contribution in [3.8, 4) is 17.2 Å². The Morgan fingerprint density at radius 1 is 1.31 bits per heavy atom. The van der Waals surface area contributed by atoms with Crippen molar-refractivity contribution in [3.05, 3.63) is 16.1 Å². The molecule has 1 aromatic rings. The van der Waals surface area contributed by atoms with Crippen LogP contribution in [0.2, 0.25) is 0 Å². The Bertz CT molecular complexity index is 323. The van der Waals surface area contributed by atoms with Crippen molar-refractivity contribution < 1.29 is 14.6 Å². The minimum Gasteiger partial charge on any atom is -0.507 e. The number of hydrogen-bond acceptors (Lipinski definition) is 3. The lowest BCUT2D eigenvalue weighted by Gasteiger charge is -2.12. The highest BCUT2D eigenvalue weighted by atomic mass is 79.9. The highest BCUT2D eigenvalue weighted by Crippen LogP contribution is 2.41. The van der Waals surface area contributed by atoms with Crippen LogP contribution in [0.1, 0.15) is 5.56 Å². The van der Waals surface area contributed by atoms with Gasteiger partial charge in [0.2, 0.25) is 0 Å². The summed E-state index contributed by atoms with van der Waals surface area (Å²) in [5.74, 6) is 1.29. The molecule has 3 nitrogen and oxygen atoms in total. The highest BCUT2D eigenvalue weighted by molar-refractivity contribution is 9.10. The van der Waals surface area contributed by atoms with E-state index in [1.165, 1.54) is 13.2 Å². The molecule has 4 heteroatoms. The smallest absolute Gasteiger partial charge is 0.175 e. The average Bonchev–Trinajstić information content (AvgIpc) is 2.13. The minimum absolute atomic E-state index is 0.185. The van der Waals surface area contributed by atoms with Crippen LogP contribution in [-0.4, -0.2) is 19.3 Å². The monoisotopic (exact) mass is 246 g/mol. The van der Waals surface area contributed by atoms with Crippen molar-refractivity contribution in [1.82, 2.24) is 0 Å². The summed E-state index contributed by atoms with van der Waals surface area (Å²) in [6.45, 7) is 1.79. The lowest BCUT2D eigenvalue weighted by molar-refractivity contribution is 0.348. The Morgan fingerprint density at radius 3 is 2.38 bits per heavy atom. The fourth-order valence-electron chi connectivity index (χ4n) is 1.03. The molecule has 1 aromatic carbocycles. The van der Waals surface area contributed by atoms with Crippen LogP contribution in [0, 0.1) is 6.92 Å². The second-order valence-electron chi connectivity index (χ2n) is 2.57. The molecular weight excluding hydrogens is 236 g/mol. The summed E-state index contributed by atoms with van der Waals surface area (Å²) in [4.78, 5) is 0. The molecule has 0 spiro atoms. The Balaban J connectivity index is 3.39. The number of benzene rings is 1. The third-order valence-corrected chi connectivity index (χ3v) is 2.78. The summed E-state index contributed by atoms with van der Waals surface area (Å²) in [5, 5.41) is 9.47. The standard InChI is InChI=1S/C9H11BrO3/c1-5-6(11)4-7(12-2)9(13-3)8(5)10/h4,11H,1-3H3. The molecule has 0 saturated carbocycles. The van der Waals surface area contributed by atoms with Crippen LogP contribution in [0.4, 0.5) is 0 Å². The first kappa shape index (κ1) is 10.2. The molecule has 13 heavy (non-hydrogen) atoms. The van der Waals surface area contributed by atoms with Crippen LogP contribution in [0.5, 0.6) is 17.2 Å². The molecule has 0 aromatic heterocycles. The van der Waals surface area contributed by atoms with E-state index in [1.807, 2.05) is 0 Å². The molecule has 0 fully saturated rings. The van der Waals surface area contributed by atoms with Gasteiger partial charge in [-0.25, -0.2) is 0 Å². The number of aromatic hydroxyl groups is 1. The molecule has 72 valence electrons.